The molecule has 17 heavy (non-hydrogen) atoms. The molecule has 0 heterocycles. The number of halogens is 1. The minimum Gasteiger partial charge on any atom is -0.0839 e. The van der Waals surface area contributed by atoms with Crippen LogP contribution in [-0.2, 0) is 0 Å². The highest BCUT2D eigenvalue weighted by molar-refractivity contribution is 9.09. The van der Waals surface area contributed by atoms with Crippen molar-refractivity contribution in [2.24, 2.45) is 0 Å². The monoisotopic (exact) mass is 296 g/mol. The van der Waals surface area contributed by atoms with E-state index in [1.54, 1.807) is 0 Å². The van der Waals surface area contributed by atoms with Gasteiger partial charge in [0.15, 0.2) is 0 Å². The fraction of sp³-hybridized carbons (Fsp3) is 0.625. The Morgan fingerprint density at radius 1 is 1.06 bits per heavy atom. The van der Waals surface area contributed by atoms with E-state index in [2.05, 4.69) is 54.9 Å². The van der Waals surface area contributed by atoms with Gasteiger partial charge in [-0.25, -0.2) is 0 Å². The maximum atomic E-state index is 3.83. The minimum atomic E-state index is 0.532. The quantitative estimate of drug-likeness (QED) is 0.421. The van der Waals surface area contributed by atoms with Gasteiger partial charge in [-0.05, 0) is 31.4 Å². The zero-order valence-corrected chi connectivity index (χ0v) is 13.0. The van der Waals surface area contributed by atoms with Crippen LogP contribution >= 0.6 is 15.9 Å². The van der Waals surface area contributed by atoms with Gasteiger partial charge in [-0.1, -0.05) is 78.7 Å². The largest absolute Gasteiger partial charge is 0.0839 e. The molecule has 0 N–H and O–H groups in total. The first-order chi connectivity index (χ1) is 8.15. The van der Waals surface area contributed by atoms with Crippen molar-refractivity contribution in [3.8, 4) is 0 Å². The molecule has 0 aliphatic heterocycles. The molecule has 0 spiro atoms. The van der Waals surface area contributed by atoms with E-state index in [0.717, 1.165) is 0 Å². The Morgan fingerprint density at radius 3 is 2.41 bits per heavy atom. The van der Waals surface area contributed by atoms with Gasteiger partial charge in [0.25, 0.3) is 0 Å². The van der Waals surface area contributed by atoms with E-state index >= 15 is 0 Å². The molecule has 0 aromatic heterocycles. The average molecular weight is 297 g/mol. The van der Waals surface area contributed by atoms with Crippen molar-refractivity contribution < 1.29 is 0 Å². The molecule has 0 bridgehead atoms. The molecule has 0 amide bonds. The fourth-order valence-electron chi connectivity index (χ4n) is 2.26. The summed E-state index contributed by atoms with van der Waals surface area (Å²) in [6, 6.07) is 6.77. The van der Waals surface area contributed by atoms with E-state index in [9.17, 15) is 0 Å². The van der Waals surface area contributed by atoms with Crippen molar-refractivity contribution in [2.45, 2.75) is 64.1 Å². The standard InChI is InChI=1S/C16H25Br/c1-4-5-6-7-8-9-16(17)15-11-10-13(2)12-14(15)3/h10-12,16H,4-9H2,1-3H3. The third-order valence-corrected chi connectivity index (χ3v) is 4.27. The third-order valence-electron chi connectivity index (χ3n) is 3.32. The van der Waals surface area contributed by atoms with Gasteiger partial charge < -0.3 is 0 Å². The summed E-state index contributed by atoms with van der Waals surface area (Å²) < 4.78 is 0. The van der Waals surface area contributed by atoms with Crippen LogP contribution in [0.2, 0.25) is 0 Å². The lowest BCUT2D eigenvalue weighted by molar-refractivity contribution is 0.605. The second-order valence-corrected chi connectivity index (χ2v) is 6.14. The molecular weight excluding hydrogens is 272 g/mol. The highest BCUT2D eigenvalue weighted by Crippen LogP contribution is 2.31. The fourth-order valence-corrected chi connectivity index (χ4v) is 3.10. The Bertz CT molecular complexity index is 330. The summed E-state index contributed by atoms with van der Waals surface area (Å²) in [5, 5.41) is 0. The van der Waals surface area contributed by atoms with Crippen molar-refractivity contribution in [3.63, 3.8) is 0 Å². The first kappa shape index (κ1) is 14.8. The molecule has 0 nitrogen and oxygen atoms in total. The summed E-state index contributed by atoms with van der Waals surface area (Å²) in [5.41, 5.74) is 4.24. The number of aryl methyl sites for hydroxylation is 2. The predicted octanol–water partition coefficient (Wildman–Crippen LogP) is 6.10. The molecule has 1 atom stereocenters. The van der Waals surface area contributed by atoms with E-state index in [0.29, 0.717) is 4.83 Å². The zero-order chi connectivity index (χ0) is 12.7. The topological polar surface area (TPSA) is 0 Å². The summed E-state index contributed by atoms with van der Waals surface area (Å²) >= 11 is 3.83. The number of alkyl halides is 1. The third kappa shape index (κ3) is 5.25. The molecule has 1 unspecified atom stereocenters. The van der Waals surface area contributed by atoms with Gasteiger partial charge in [-0.3, -0.25) is 0 Å². The Balaban J connectivity index is 2.38. The summed E-state index contributed by atoms with van der Waals surface area (Å²) in [6.45, 7) is 6.64. The average Bonchev–Trinajstić information content (AvgIpc) is 2.28. The Morgan fingerprint density at radius 2 is 1.76 bits per heavy atom. The predicted molar refractivity (Wildman–Crippen MR) is 81.0 cm³/mol. The number of rotatable bonds is 7. The Hall–Kier alpha value is -0.300. The minimum absolute atomic E-state index is 0.532. The normalized spacial score (nSPS) is 12.7. The smallest absolute Gasteiger partial charge is 0.0397 e. The molecule has 1 heteroatoms. The lowest BCUT2D eigenvalue weighted by atomic mass is 9.99. The van der Waals surface area contributed by atoms with Crippen LogP contribution in [0, 0.1) is 13.8 Å². The summed E-state index contributed by atoms with van der Waals surface area (Å²) in [6.07, 6.45) is 8.08. The van der Waals surface area contributed by atoms with Crippen molar-refractivity contribution in [1.82, 2.24) is 0 Å². The Kier molecular flexibility index (Phi) is 6.87. The molecule has 1 aromatic carbocycles. The molecule has 1 rings (SSSR count). The van der Waals surface area contributed by atoms with Gasteiger partial charge in [-0.2, -0.15) is 0 Å². The van der Waals surface area contributed by atoms with Crippen molar-refractivity contribution in [2.75, 3.05) is 0 Å². The van der Waals surface area contributed by atoms with Crippen molar-refractivity contribution >= 4 is 15.9 Å². The van der Waals surface area contributed by atoms with Gasteiger partial charge >= 0.3 is 0 Å². The van der Waals surface area contributed by atoms with Crippen LogP contribution in [-0.4, -0.2) is 0 Å². The molecule has 96 valence electrons. The molecule has 0 fully saturated rings. The molecule has 0 saturated heterocycles. The van der Waals surface area contributed by atoms with Crippen LogP contribution in [0.3, 0.4) is 0 Å². The number of hydrogen-bond donors (Lipinski definition) is 0. The number of benzene rings is 1. The van der Waals surface area contributed by atoms with Gasteiger partial charge in [-0.15, -0.1) is 0 Å². The second kappa shape index (κ2) is 7.92. The summed E-state index contributed by atoms with van der Waals surface area (Å²) in [7, 11) is 0. The van der Waals surface area contributed by atoms with E-state index < -0.39 is 0 Å². The highest BCUT2D eigenvalue weighted by atomic mass is 79.9. The molecule has 0 saturated carbocycles. The SMILES string of the molecule is CCCCCCCC(Br)c1ccc(C)cc1C. The zero-order valence-electron chi connectivity index (χ0n) is 11.4. The van der Waals surface area contributed by atoms with E-state index in [1.807, 2.05) is 0 Å². The first-order valence-electron chi connectivity index (χ1n) is 6.86. The molecule has 0 aliphatic rings. The van der Waals surface area contributed by atoms with Crippen LogP contribution < -0.4 is 0 Å². The Labute approximate surface area is 115 Å². The lowest BCUT2D eigenvalue weighted by Crippen LogP contribution is -1.94. The van der Waals surface area contributed by atoms with Crippen molar-refractivity contribution in [3.05, 3.63) is 34.9 Å². The van der Waals surface area contributed by atoms with Gasteiger partial charge in [0.1, 0.15) is 0 Å². The van der Waals surface area contributed by atoms with Crippen LogP contribution in [0.25, 0.3) is 0 Å². The van der Waals surface area contributed by atoms with Crippen LogP contribution in [0.5, 0.6) is 0 Å². The number of hydrogen-bond acceptors (Lipinski definition) is 0. The molecule has 1 aromatic rings. The summed E-state index contributed by atoms with van der Waals surface area (Å²) in [4.78, 5) is 0.532. The maximum Gasteiger partial charge on any atom is 0.0397 e. The van der Waals surface area contributed by atoms with Crippen LogP contribution in [0.15, 0.2) is 18.2 Å². The van der Waals surface area contributed by atoms with Crippen molar-refractivity contribution in [1.29, 1.82) is 0 Å². The van der Waals surface area contributed by atoms with Crippen LogP contribution in [0.4, 0.5) is 0 Å². The van der Waals surface area contributed by atoms with E-state index in [-0.39, 0.29) is 0 Å². The first-order valence-corrected chi connectivity index (χ1v) is 7.78. The van der Waals surface area contributed by atoms with Gasteiger partial charge in [0.05, 0.1) is 0 Å². The molecule has 0 radical (unpaired) electrons. The number of unbranched alkanes of at least 4 members (excludes halogenated alkanes) is 4. The van der Waals surface area contributed by atoms with Crippen LogP contribution in [0.1, 0.15) is 67.0 Å². The lowest BCUT2D eigenvalue weighted by Gasteiger charge is -2.13. The van der Waals surface area contributed by atoms with Gasteiger partial charge in [0, 0.05) is 4.83 Å². The highest BCUT2D eigenvalue weighted by Gasteiger charge is 2.09. The molecular formula is C16H25Br. The second-order valence-electron chi connectivity index (χ2n) is 5.03. The van der Waals surface area contributed by atoms with Gasteiger partial charge in [0.2, 0.25) is 0 Å². The maximum absolute atomic E-state index is 3.83. The van der Waals surface area contributed by atoms with E-state index in [1.165, 1.54) is 55.2 Å². The summed E-state index contributed by atoms with van der Waals surface area (Å²) in [5.74, 6) is 0. The van der Waals surface area contributed by atoms with E-state index in [4.69, 9.17) is 0 Å². The molecule has 0 aliphatic carbocycles.